The standard InChI is InChI=1S/C9H17NO5S/c1-15-9(12)3-2-6-16(13,14)10-5-4-8(11)7-10/h8,11H,2-7H2,1H3/t8-/m0/s1. The summed E-state index contributed by atoms with van der Waals surface area (Å²) in [5.74, 6) is -0.480. The minimum atomic E-state index is -3.33. The van der Waals surface area contributed by atoms with Crippen LogP contribution in [0.25, 0.3) is 0 Å². The van der Waals surface area contributed by atoms with E-state index in [1.165, 1.54) is 11.4 Å². The van der Waals surface area contributed by atoms with Gasteiger partial charge in [-0.25, -0.2) is 8.42 Å². The Morgan fingerprint density at radius 3 is 2.75 bits per heavy atom. The third kappa shape index (κ3) is 3.73. The topological polar surface area (TPSA) is 83.9 Å². The summed E-state index contributed by atoms with van der Waals surface area (Å²) in [5.41, 5.74) is 0. The van der Waals surface area contributed by atoms with Crippen LogP contribution in [0.1, 0.15) is 19.3 Å². The second-order valence-corrected chi connectivity index (χ2v) is 5.88. The zero-order chi connectivity index (χ0) is 12.2. The molecule has 7 heteroatoms. The molecule has 0 aliphatic carbocycles. The summed E-state index contributed by atoms with van der Waals surface area (Å²) in [4.78, 5) is 10.8. The van der Waals surface area contributed by atoms with Crippen molar-refractivity contribution in [1.29, 1.82) is 0 Å². The van der Waals surface area contributed by atoms with Crippen LogP contribution in [-0.2, 0) is 19.6 Å². The lowest BCUT2D eigenvalue weighted by atomic mass is 10.3. The molecule has 0 spiro atoms. The molecule has 0 aromatic carbocycles. The molecule has 6 nitrogen and oxygen atoms in total. The van der Waals surface area contributed by atoms with Gasteiger partial charge in [0.2, 0.25) is 10.0 Å². The minimum absolute atomic E-state index is 0.0746. The summed E-state index contributed by atoms with van der Waals surface area (Å²) in [7, 11) is -2.06. The number of hydrogen-bond donors (Lipinski definition) is 1. The molecule has 1 fully saturated rings. The van der Waals surface area contributed by atoms with Crippen molar-refractivity contribution in [3.63, 3.8) is 0 Å². The van der Waals surface area contributed by atoms with Gasteiger partial charge < -0.3 is 9.84 Å². The number of β-amino-alcohol motifs (C(OH)–C–C–N with tert-alkyl or cyclic N) is 1. The number of aliphatic hydroxyl groups is 1. The summed E-state index contributed by atoms with van der Waals surface area (Å²) in [6, 6.07) is 0. The molecule has 1 N–H and O–H groups in total. The van der Waals surface area contributed by atoms with Crippen molar-refractivity contribution in [3.8, 4) is 0 Å². The highest BCUT2D eigenvalue weighted by atomic mass is 32.2. The summed E-state index contributed by atoms with van der Waals surface area (Å²) >= 11 is 0. The monoisotopic (exact) mass is 251 g/mol. The minimum Gasteiger partial charge on any atom is -0.469 e. The lowest BCUT2D eigenvalue weighted by Gasteiger charge is -2.15. The third-order valence-electron chi connectivity index (χ3n) is 2.53. The lowest BCUT2D eigenvalue weighted by molar-refractivity contribution is -0.140. The number of esters is 1. The molecule has 1 aliphatic rings. The van der Waals surface area contributed by atoms with Gasteiger partial charge in [-0.3, -0.25) is 4.79 Å². The van der Waals surface area contributed by atoms with E-state index in [0.29, 0.717) is 13.0 Å². The predicted molar refractivity (Wildman–Crippen MR) is 57.2 cm³/mol. The molecule has 1 aliphatic heterocycles. The number of carbonyl (C=O) groups is 1. The highest BCUT2D eigenvalue weighted by molar-refractivity contribution is 7.89. The van der Waals surface area contributed by atoms with Crippen LogP contribution in [-0.4, -0.2) is 55.9 Å². The highest BCUT2D eigenvalue weighted by Crippen LogP contribution is 2.15. The van der Waals surface area contributed by atoms with Crippen molar-refractivity contribution in [2.75, 3.05) is 26.0 Å². The third-order valence-corrected chi connectivity index (χ3v) is 4.45. The quantitative estimate of drug-likeness (QED) is 0.655. The van der Waals surface area contributed by atoms with Crippen LogP contribution in [0, 0.1) is 0 Å². The lowest BCUT2D eigenvalue weighted by Crippen LogP contribution is -2.31. The summed E-state index contributed by atoms with van der Waals surface area (Å²) < 4.78 is 29.1. The number of nitrogens with zero attached hydrogens (tertiary/aromatic N) is 1. The van der Waals surface area contributed by atoms with Crippen LogP contribution in [0.2, 0.25) is 0 Å². The molecule has 16 heavy (non-hydrogen) atoms. The second-order valence-electron chi connectivity index (χ2n) is 3.80. The number of carbonyl (C=O) groups excluding carboxylic acids is 1. The molecule has 0 bridgehead atoms. The Hall–Kier alpha value is -0.660. The van der Waals surface area contributed by atoms with E-state index < -0.39 is 22.1 Å². The largest absolute Gasteiger partial charge is 0.469 e. The first-order chi connectivity index (χ1) is 7.45. The Kier molecular flexibility index (Phi) is 4.69. The normalized spacial score (nSPS) is 22.2. The van der Waals surface area contributed by atoms with Gasteiger partial charge in [-0.1, -0.05) is 0 Å². The SMILES string of the molecule is COC(=O)CCCS(=O)(=O)N1CC[C@H](O)C1. The van der Waals surface area contributed by atoms with E-state index in [9.17, 15) is 18.3 Å². The van der Waals surface area contributed by atoms with Gasteiger partial charge in [0.25, 0.3) is 0 Å². The predicted octanol–water partition coefficient (Wildman–Crippen LogP) is -0.664. The van der Waals surface area contributed by atoms with E-state index in [4.69, 9.17) is 0 Å². The molecule has 0 amide bonds. The van der Waals surface area contributed by atoms with Crippen LogP contribution < -0.4 is 0 Å². The number of rotatable bonds is 5. The second kappa shape index (κ2) is 5.60. The van der Waals surface area contributed by atoms with Crippen LogP contribution in [0.5, 0.6) is 0 Å². The Morgan fingerprint density at radius 2 is 2.25 bits per heavy atom. The number of aliphatic hydroxyl groups excluding tert-OH is 1. The molecular weight excluding hydrogens is 234 g/mol. The zero-order valence-electron chi connectivity index (χ0n) is 9.26. The van der Waals surface area contributed by atoms with Gasteiger partial charge in [-0.15, -0.1) is 0 Å². The molecular formula is C9H17NO5S. The highest BCUT2D eigenvalue weighted by Gasteiger charge is 2.29. The van der Waals surface area contributed by atoms with Gasteiger partial charge in [-0.2, -0.15) is 4.31 Å². The molecule has 1 atom stereocenters. The van der Waals surface area contributed by atoms with Crippen LogP contribution in [0.4, 0.5) is 0 Å². The van der Waals surface area contributed by atoms with Gasteiger partial charge in [-0.05, 0) is 12.8 Å². The Balaban J connectivity index is 2.37. The van der Waals surface area contributed by atoms with Gasteiger partial charge in [0.1, 0.15) is 0 Å². The maximum atomic E-state index is 11.7. The number of sulfonamides is 1. The molecule has 0 radical (unpaired) electrons. The van der Waals surface area contributed by atoms with Crippen LogP contribution >= 0.6 is 0 Å². The molecule has 1 heterocycles. The number of hydrogen-bond acceptors (Lipinski definition) is 5. The average molecular weight is 251 g/mol. The maximum absolute atomic E-state index is 11.7. The van der Waals surface area contributed by atoms with Gasteiger partial charge in [0, 0.05) is 19.5 Å². The van der Waals surface area contributed by atoms with Gasteiger partial charge >= 0.3 is 5.97 Å². The van der Waals surface area contributed by atoms with Gasteiger partial charge in [0.05, 0.1) is 19.0 Å². The van der Waals surface area contributed by atoms with E-state index in [1.54, 1.807) is 0 Å². The molecule has 0 unspecified atom stereocenters. The summed E-state index contributed by atoms with van der Waals surface area (Å²) in [6.07, 6.45) is 0.277. The smallest absolute Gasteiger partial charge is 0.305 e. The molecule has 0 saturated carbocycles. The Labute approximate surface area is 95.2 Å². The molecule has 0 aromatic rings. The van der Waals surface area contributed by atoms with E-state index >= 15 is 0 Å². The average Bonchev–Trinajstić information content (AvgIpc) is 2.65. The first-order valence-electron chi connectivity index (χ1n) is 5.18. The van der Waals surface area contributed by atoms with E-state index in [2.05, 4.69) is 4.74 Å². The van der Waals surface area contributed by atoms with Crippen molar-refractivity contribution >= 4 is 16.0 Å². The molecule has 94 valence electrons. The Bertz CT molecular complexity index is 340. The van der Waals surface area contributed by atoms with E-state index in [0.717, 1.165) is 0 Å². The fourth-order valence-corrected chi connectivity index (χ4v) is 3.14. The van der Waals surface area contributed by atoms with Gasteiger partial charge in [0.15, 0.2) is 0 Å². The summed E-state index contributed by atoms with van der Waals surface area (Å²) in [6.45, 7) is 0.530. The zero-order valence-corrected chi connectivity index (χ0v) is 10.1. The van der Waals surface area contributed by atoms with Crippen LogP contribution in [0.15, 0.2) is 0 Å². The number of methoxy groups -OCH3 is 1. The van der Waals surface area contributed by atoms with Crippen molar-refractivity contribution < 1.29 is 23.1 Å². The maximum Gasteiger partial charge on any atom is 0.305 e. The molecule has 1 rings (SSSR count). The van der Waals surface area contributed by atoms with E-state index in [-0.39, 0.29) is 25.1 Å². The Morgan fingerprint density at radius 1 is 1.56 bits per heavy atom. The fourth-order valence-electron chi connectivity index (χ4n) is 1.59. The van der Waals surface area contributed by atoms with Crippen molar-refractivity contribution in [1.82, 2.24) is 4.31 Å². The van der Waals surface area contributed by atoms with Crippen molar-refractivity contribution in [3.05, 3.63) is 0 Å². The molecule has 1 saturated heterocycles. The molecule has 0 aromatic heterocycles. The number of ether oxygens (including phenoxy) is 1. The fraction of sp³-hybridized carbons (Fsp3) is 0.889. The first kappa shape index (κ1) is 13.4. The first-order valence-corrected chi connectivity index (χ1v) is 6.79. The van der Waals surface area contributed by atoms with Crippen molar-refractivity contribution in [2.45, 2.75) is 25.4 Å². The van der Waals surface area contributed by atoms with E-state index in [1.807, 2.05) is 0 Å². The summed E-state index contributed by atoms with van der Waals surface area (Å²) in [5, 5.41) is 9.23. The van der Waals surface area contributed by atoms with Crippen LogP contribution in [0.3, 0.4) is 0 Å². The van der Waals surface area contributed by atoms with Crippen molar-refractivity contribution in [2.24, 2.45) is 0 Å².